The number of amides is 1. The van der Waals surface area contributed by atoms with E-state index in [0.29, 0.717) is 0 Å². The largest absolute Gasteiger partial charge is 0.458 e. The van der Waals surface area contributed by atoms with E-state index in [0.717, 1.165) is 5.75 Å². The quantitative estimate of drug-likeness (QED) is 0.811. The zero-order valence-corrected chi connectivity index (χ0v) is 16.4. The molecule has 1 aromatic rings. The molecule has 1 amide bonds. The van der Waals surface area contributed by atoms with Crippen LogP contribution in [-0.2, 0) is 4.79 Å². The van der Waals surface area contributed by atoms with E-state index >= 15 is 0 Å². The lowest BCUT2D eigenvalue weighted by molar-refractivity contribution is -0.127. The summed E-state index contributed by atoms with van der Waals surface area (Å²) in [7, 11) is 0. The lowest BCUT2D eigenvalue weighted by Crippen LogP contribution is -2.52. The second kappa shape index (κ2) is 7.18. The summed E-state index contributed by atoms with van der Waals surface area (Å²) in [6.45, 7) is 12.1. The number of hydrogen-bond donors (Lipinski definition) is 1. The molecule has 0 bridgehead atoms. The van der Waals surface area contributed by atoms with Crippen LogP contribution in [0.25, 0.3) is 0 Å². The van der Waals surface area contributed by atoms with E-state index < -0.39 is 4.27 Å². The highest BCUT2D eigenvalue weighted by molar-refractivity contribution is 8.18. The van der Waals surface area contributed by atoms with Crippen molar-refractivity contribution in [2.45, 2.75) is 51.3 Å². The van der Waals surface area contributed by atoms with Gasteiger partial charge in [0.2, 0.25) is 0 Å². The van der Waals surface area contributed by atoms with Gasteiger partial charge in [-0.3, -0.25) is 4.79 Å². The molecule has 124 valence electrons. The molecule has 1 rings (SSSR count). The molecule has 0 radical (unpaired) electrons. The molecule has 1 aromatic carbocycles. The third kappa shape index (κ3) is 4.59. The molecule has 0 saturated heterocycles. The van der Waals surface area contributed by atoms with E-state index in [1.54, 1.807) is 0 Å². The molecule has 22 heavy (non-hydrogen) atoms. The maximum absolute atomic E-state index is 12.7. The molecular formula is C17H27NO2S2. The molecule has 3 nitrogen and oxygen atoms in total. The van der Waals surface area contributed by atoms with Crippen LogP contribution in [0.1, 0.15) is 37.5 Å². The van der Waals surface area contributed by atoms with Crippen molar-refractivity contribution in [2.24, 2.45) is 0 Å². The standard InChI is InChI=1S/C17H27NO2S2/c1-11-9-14(10-12(2)13(11)3)20-17(21-7,22-8)15(19)18-16(4,5)6/h9-10H,1-8H3,(H,18,19). The Labute approximate surface area is 143 Å². The van der Waals surface area contributed by atoms with E-state index in [-0.39, 0.29) is 11.4 Å². The predicted octanol–water partition coefficient (Wildman–Crippen LogP) is 4.29. The average Bonchev–Trinajstić information content (AvgIpc) is 2.40. The van der Waals surface area contributed by atoms with E-state index in [4.69, 9.17) is 4.74 Å². The van der Waals surface area contributed by atoms with Gasteiger partial charge in [-0.05, 0) is 82.9 Å². The number of benzene rings is 1. The summed E-state index contributed by atoms with van der Waals surface area (Å²) < 4.78 is 5.15. The fraction of sp³-hybridized carbons (Fsp3) is 0.588. The summed E-state index contributed by atoms with van der Waals surface area (Å²) in [6, 6.07) is 3.99. The van der Waals surface area contributed by atoms with Gasteiger partial charge in [0.05, 0.1) is 0 Å². The van der Waals surface area contributed by atoms with Crippen LogP contribution in [0.3, 0.4) is 0 Å². The van der Waals surface area contributed by atoms with E-state index in [2.05, 4.69) is 26.1 Å². The predicted molar refractivity (Wildman–Crippen MR) is 98.9 cm³/mol. The van der Waals surface area contributed by atoms with Gasteiger partial charge in [0.1, 0.15) is 5.75 Å². The number of hydrogen-bond acceptors (Lipinski definition) is 4. The van der Waals surface area contributed by atoms with Gasteiger partial charge in [-0.25, -0.2) is 0 Å². The van der Waals surface area contributed by atoms with Crippen molar-refractivity contribution in [1.29, 1.82) is 0 Å². The van der Waals surface area contributed by atoms with Crippen LogP contribution in [0.4, 0.5) is 0 Å². The number of rotatable bonds is 5. The topological polar surface area (TPSA) is 38.3 Å². The number of ether oxygens (including phenoxy) is 1. The van der Waals surface area contributed by atoms with Gasteiger partial charge in [-0.15, -0.1) is 0 Å². The Morgan fingerprint density at radius 1 is 1.05 bits per heavy atom. The van der Waals surface area contributed by atoms with Crippen LogP contribution in [0.15, 0.2) is 12.1 Å². The molecule has 0 aromatic heterocycles. The van der Waals surface area contributed by atoms with Gasteiger partial charge >= 0.3 is 0 Å². The third-order valence-electron chi connectivity index (χ3n) is 3.46. The molecular weight excluding hydrogens is 314 g/mol. The molecule has 0 atom stereocenters. The number of carbonyl (C=O) groups is 1. The Morgan fingerprint density at radius 3 is 1.86 bits per heavy atom. The molecule has 0 unspecified atom stereocenters. The molecule has 0 spiro atoms. The minimum atomic E-state index is -0.985. The van der Waals surface area contributed by atoms with Crippen molar-refractivity contribution in [1.82, 2.24) is 5.32 Å². The Hall–Kier alpha value is -0.810. The summed E-state index contributed by atoms with van der Waals surface area (Å²) in [5.41, 5.74) is 3.30. The first kappa shape index (κ1) is 19.2. The van der Waals surface area contributed by atoms with Crippen molar-refractivity contribution >= 4 is 29.4 Å². The summed E-state index contributed by atoms with van der Waals surface area (Å²) in [5, 5.41) is 3.02. The zero-order valence-electron chi connectivity index (χ0n) is 14.8. The zero-order chi connectivity index (χ0) is 17.1. The first-order valence-corrected chi connectivity index (χ1v) is 9.69. The van der Waals surface area contributed by atoms with Gasteiger partial charge in [0.15, 0.2) is 0 Å². The van der Waals surface area contributed by atoms with Crippen LogP contribution >= 0.6 is 23.5 Å². The van der Waals surface area contributed by atoms with Gasteiger partial charge < -0.3 is 10.1 Å². The van der Waals surface area contributed by atoms with Crippen LogP contribution in [-0.4, -0.2) is 28.2 Å². The Bertz CT molecular complexity index is 523. The normalized spacial score (nSPS) is 12.2. The van der Waals surface area contributed by atoms with Gasteiger partial charge in [0, 0.05) is 5.54 Å². The van der Waals surface area contributed by atoms with Crippen molar-refractivity contribution < 1.29 is 9.53 Å². The first-order chi connectivity index (χ1) is 10.0. The molecule has 0 aliphatic carbocycles. The summed E-state index contributed by atoms with van der Waals surface area (Å²) >= 11 is 2.81. The number of nitrogens with one attached hydrogen (secondary N) is 1. The van der Waals surface area contributed by atoms with Gasteiger partial charge in [-0.1, -0.05) is 23.5 Å². The van der Waals surface area contributed by atoms with E-state index in [1.807, 2.05) is 45.4 Å². The second-order valence-electron chi connectivity index (χ2n) is 6.45. The summed E-state index contributed by atoms with van der Waals surface area (Å²) in [4.78, 5) is 12.7. The highest BCUT2D eigenvalue weighted by Crippen LogP contribution is 2.38. The minimum Gasteiger partial charge on any atom is -0.458 e. The maximum Gasteiger partial charge on any atom is 0.286 e. The lowest BCUT2D eigenvalue weighted by Gasteiger charge is -2.33. The Balaban J connectivity index is 3.13. The molecule has 1 N–H and O–H groups in total. The van der Waals surface area contributed by atoms with Crippen molar-refractivity contribution in [2.75, 3.05) is 12.5 Å². The molecule has 5 heteroatoms. The highest BCUT2D eigenvalue weighted by atomic mass is 32.2. The fourth-order valence-electron chi connectivity index (χ4n) is 2.03. The van der Waals surface area contributed by atoms with Crippen LogP contribution in [0, 0.1) is 20.8 Å². The minimum absolute atomic E-state index is 0.115. The Morgan fingerprint density at radius 2 is 1.50 bits per heavy atom. The van der Waals surface area contributed by atoms with Crippen molar-refractivity contribution in [3.05, 3.63) is 28.8 Å². The molecule has 0 aliphatic heterocycles. The van der Waals surface area contributed by atoms with E-state index in [1.165, 1.54) is 40.2 Å². The summed E-state index contributed by atoms with van der Waals surface area (Å²) in [6.07, 6.45) is 3.79. The number of thioether (sulfide) groups is 2. The molecule has 0 heterocycles. The van der Waals surface area contributed by atoms with E-state index in [9.17, 15) is 4.79 Å². The van der Waals surface area contributed by atoms with Crippen LogP contribution in [0.2, 0.25) is 0 Å². The average molecular weight is 342 g/mol. The SMILES string of the molecule is CSC(Oc1cc(C)c(C)c(C)c1)(SC)C(=O)NC(C)(C)C. The second-order valence-corrected chi connectivity index (χ2v) is 8.68. The smallest absolute Gasteiger partial charge is 0.286 e. The molecule has 0 aliphatic rings. The molecule has 0 saturated carbocycles. The maximum atomic E-state index is 12.7. The summed E-state index contributed by atoms with van der Waals surface area (Å²) in [5.74, 6) is 0.615. The van der Waals surface area contributed by atoms with Gasteiger partial charge in [0.25, 0.3) is 10.2 Å². The highest BCUT2D eigenvalue weighted by Gasteiger charge is 2.41. The number of carbonyl (C=O) groups excluding carboxylic acids is 1. The van der Waals surface area contributed by atoms with Crippen LogP contribution < -0.4 is 10.1 Å². The van der Waals surface area contributed by atoms with Crippen molar-refractivity contribution in [3.63, 3.8) is 0 Å². The number of aryl methyl sites for hydroxylation is 2. The third-order valence-corrected chi connectivity index (χ3v) is 6.07. The van der Waals surface area contributed by atoms with Crippen LogP contribution in [0.5, 0.6) is 5.75 Å². The monoisotopic (exact) mass is 341 g/mol. The first-order valence-electron chi connectivity index (χ1n) is 7.24. The molecule has 0 fully saturated rings. The Kier molecular flexibility index (Phi) is 6.27. The lowest BCUT2D eigenvalue weighted by atomic mass is 10.0. The van der Waals surface area contributed by atoms with Crippen molar-refractivity contribution in [3.8, 4) is 5.75 Å². The fourth-order valence-corrected chi connectivity index (χ4v) is 3.52. The van der Waals surface area contributed by atoms with Gasteiger partial charge in [-0.2, -0.15) is 0 Å².